The van der Waals surface area contributed by atoms with Crippen molar-refractivity contribution in [3.05, 3.63) is 12.4 Å². The molecule has 58 valence electrons. The minimum absolute atomic E-state index is 0.661. The Labute approximate surface area is 57.7 Å². The summed E-state index contributed by atoms with van der Waals surface area (Å²) < 4.78 is 11.9. The van der Waals surface area contributed by atoms with Gasteiger partial charge in [-0.3, -0.25) is 0 Å². The summed E-state index contributed by atoms with van der Waals surface area (Å²) in [6.07, 6.45) is -1.63. The average Bonchev–Trinajstić information content (AvgIpc) is 1.87. The third kappa shape index (κ3) is 3.03. The molecule has 0 bridgehead atoms. The molecule has 1 unspecified atom stereocenters. The Morgan fingerprint density at radius 2 is 2.30 bits per heavy atom. The second kappa shape index (κ2) is 3.84. The van der Waals surface area contributed by atoms with Crippen LogP contribution in [0.3, 0.4) is 0 Å². The Bertz CT molecular complexity index is 149. The number of urea groups is 1. The van der Waals surface area contributed by atoms with Gasteiger partial charge >= 0.3 is 6.03 Å². The van der Waals surface area contributed by atoms with E-state index in [-0.39, 0.29) is 0 Å². The van der Waals surface area contributed by atoms with Gasteiger partial charge in [0.2, 0.25) is 0 Å². The minimum Gasteiger partial charge on any atom is -0.367 e. The predicted octanol–water partition coefficient (Wildman–Crippen LogP) is -0.283. The third-order valence-corrected chi connectivity index (χ3v) is 0.792. The van der Waals surface area contributed by atoms with Crippen LogP contribution < -0.4 is 10.6 Å². The zero-order valence-corrected chi connectivity index (χ0v) is 5.52. The second-order valence-corrected chi connectivity index (χ2v) is 1.57. The molecule has 0 aliphatic rings. The SMILES string of the molecule is C=C(F)C(O)NC(=O)NC. The molecular formula is C5H9FN2O2. The molecule has 0 saturated carbocycles. The fourth-order valence-corrected chi connectivity index (χ4v) is 0.275. The van der Waals surface area contributed by atoms with Gasteiger partial charge in [0.1, 0.15) is 5.83 Å². The number of halogens is 1. The van der Waals surface area contributed by atoms with Crippen LogP contribution in [0.2, 0.25) is 0 Å². The first kappa shape index (κ1) is 8.90. The van der Waals surface area contributed by atoms with Crippen LogP contribution in [0.15, 0.2) is 12.4 Å². The molecule has 0 aromatic carbocycles. The normalized spacial score (nSPS) is 11.9. The fraction of sp³-hybridized carbons (Fsp3) is 0.400. The van der Waals surface area contributed by atoms with Crippen LogP contribution in [0.1, 0.15) is 0 Å². The number of hydrogen-bond acceptors (Lipinski definition) is 2. The van der Waals surface area contributed by atoms with Gasteiger partial charge in [0.15, 0.2) is 6.23 Å². The van der Waals surface area contributed by atoms with E-state index in [0.717, 1.165) is 0 Å². The Kier molecular flexibility index (Phi) is 3.42. The standard InChI is InChI=1S/C5H9FN2O2/c1-3(6)4(9)8-5(10)7-2/h4,9H,1H2,2H3,(H2,7,8,10). The lowest BCUT2D eigenvalue weighted by Crippen LogP contribution is -2.40. The van der Waals surface area contributed by atoms with Crippen molar-refractivity contribution in [2.45, 2.75) is 6.23 Å². The molecule has 3 N–H and O–H groups in total. The van der Waals surface area contributed by atoms with Crippen LogP contribution in [-0.4, -0.2) is 24.4 Å². The fourth-order valence-electron chi connectivity index (χ4n) is 0.275. The predicted molar refractivity (Wildman–Crippen MR) is 33.8 cm³/mol. The molecule has 0 radical (unpaired) electrons. The number of amides is 2. The number of hydrogen-bond donors (Lipinski definition) is 3. The van der Waals surface area contributed by atoms with Crippen LogP contribution in [0.25, 0.3) is 0 Å². The van der Waals surface area contributed by atoms with E-state index in [2.05, 4.69) is 11.9 Å². The van der Waals surface area contributed by atoms with Gasteiger partial charge in [-0.1, -0.05) is 6.58 Å². The molecule has 0 heterocycles. The maximum Gasteiger partial charge on any atom is 0.316 e. The van der Waals surface area contributed by atoms with Gasteiger partial charge in [-0.15, -0.1) is 0 Å². The smallest absolute Gasteiger partial charge is 0.316 e. The number of aliphatic hydroxyl groups excluding tert-OH is 1. The van der Waals surface area contributed by atoms with Gasteiger partial charge in [0.05, 0.1) is 0 Å². The van der Waals surface area contributed by atoms with E-state index < -0.39 is 18.1 Å². The first-order chi connectivity index (χ1) is 4.57. The number of aliphatic hydroxyl groups is 1. The monoisotopic (exact) mass is 148 g/mol. The van der Waals surface area contributed by atoms with Crippen LogP contribution in [0.4, 0.5) is 9.18 Å². The van der Waals surface area contributed by atoms with E-state index in [1.807, 2.05) is 5.32 Å². The highest BCUT2D eigenvalue weighted by atomic mass is 19.1. The van der Waals surface area contributed by atoms with Crippen LogP contribution in [-0.2, 0) is 0 Å². The minimum atomic E-state index is -1.63. The molecule has 0 aromatic heterocycles. The Balaban J connectivity index is 3.68. The Morgan fingerprint density at radius 1 is 1.80 bits per heavy atom. The lowest BCUT2D eigenvalue weighted by molar-refractivity contribution is 0.150. The van der Waals surface area contributed by atoms with E-state index in [1.54, 1.807) is 0 Å². The van der Waals surface area contributed by atoms with E-state index in [1.165, 1.54) is 7.05 Å². The van der Waals surface area contributed by atoms with Crippen LogP contribution in [0, 0.1) is 0 Å². The molecule has 2 amide bonds. The van der Waals surface area contributed by atoms with Crippen molar-refractivity contribution in [2.75, 3.05) is 7.05 Å². The number of rotatable bonds is 2. The topological polar surface area (TPSA) is 61.4 Å². The highest BCUT2D eigenvalue weighted by Gasteiger charge is 2.09. The quantitative estimate of drug-likeness (QED) is 0.471. The summed E-state index contributed by atoms with van der Waals surface area (Å²) in [6.45, 7) is 2.78. The van der Waals surface area contributed by atoms with Gasteiger partial charge < -0.3 is 15.7 Å². The lowest BCUT2D eigenvalue weighted by atomic mass is 10.5. The van der Waals surface area contributed by atoms with E-state index in [4.69, 9.17) is 5.11 Å². The molecule has 1 atom stereocenters. The molecule has 10 heavy (non-hydrogen) atoms. The van der Waals surface area contributed by atoms with Crippen molar-refractivity contribution >= 4 is 6.03 Å². The summed E-state index contributed by atoms with van der Waals surface area (Å²) >= 11 is 0. The van der Waals surface area contributed by atoms with Crippen molar-refractivity contribution in [3.8, 4) is 0 Å². The van der Waals surface area contributed by atoms with Gasteiger partial charge in [0, 0.05) is 7.05 Å². The highest BCUT2D eigenvalue weighted by Crippen LogP contribution is 1.94. The number of nitrogens with one attached hydrogen (secondary N) is 2. The maximum absolute atomic E-state index is 11.9. The van der Waals surface area contributed by atoms with E-state index in [9.17, 15) is 9.18 Å². The summed E-state index contributed by atoms with van der Waals surface area (Å²) in [6, 6.07) is -0.661. The summed E-state index contributed by atoms with van der Waals surface area (Å²) in [7, 11) is 1.35. The maximum atomic E-state index is 11.9. The summed E-state index contributed by atoms with van der Waals surface area (Å²) in [5.74, 6) is -0.997. The molecule has 0 aliphatic carbocycles. The second-order valence-electron chi connectivity index (χ2n) is 1.57. The molecule has 0 fully saturated rings. The Morgan fingerprint density at radius 3 is 2.60 bits per heavy atom. The summed E-state index contributed by atoms with van der Waals surface area (Å²) in [5.41, 5.74) is 0. The molecule has 0 spiro atoms. The molecular weight excluding hydrogens is 139 g/mol. The average molecular weight is 148 g/mol. The Hall–Kier alpha value is -1.10. The highest BCUT2D eigenvalue weighted by molar-refractivity contribution is 5.73. The zero-order chi connectivity index (χ0) is 8.15. The van der Waals surface area contributed by atoms with Crippen LogP contribution >= 0.6 is 0 Å². The van der Waals surface area contributed by atoms with Crippen molar-refractivity contribution < 1.29 is 14.3 Å². The van der Waals surface area contributed by atoms with Gasteiger partial charge in [-0.25, -0.2) is 9.18 Å². The van der Waals surface area contributed by atoms with Crippen molar-refractivity contribution in [3.63, 3.8) is 0 Å². The first-order valence-electron chi connectivity index (χ1n) is 2.58. The summed E-state index contributed by atoms with van der Waals surface area (Å²) in [4.78, 5) is 10.3. The van der Waals surface area contributed by atoms with E-state index >= 15 is 0 Å². The molecule has 0 aliphatic heterocycles. The lowest BCUT2D eigenvalue weighted by Gasteiger charge is -2.08. The largest absolute Gasteiger partial charge is 0.367 e. The van der Waals surface area contributed by atoms with Crippen molar-refractivity contribution in [2.24, 2.45) is 0 Å². The molecule has 0 aromatic rings. The molecule has 0 rings (SSSR count). The molecule has 0 saturated heterocycles. The third-order valence-electron chi connectivity index (χ3n) is 0.792. The van der Waals surface area contributed by atoms with Crippen molar-refractivity contribution in [1.82, 2.24) is 10.6 Å². The van der Waals surface area contributed by atoms with Crippen LogP contribution in [0.5, 0.6) is 0 Å². The van der Waals surface area contributed by atoms with Gasteiger partial charge in [-0.2, -0.15) is 0 Å². The molecule has 5 heteroatoms. The van der Waals surface area contributed by atoms with E-state index in [0.29, 0.717) is 0 Å². The van der Waals surface area contributed by atoms with Gasteiger partial charge in [-0.05, 0) is 0 Å². The summed E-state index contributed by atoms with van der Waals surface area (Å²) in [5, 5.41) is 12.6. The zero-order valence-electron chi connectivity index (χ0n) is 5.52. The molecule has 4 nitrogen and oxygen atoms in total. The first-order valence-corrected chi connectivity index (χ1v) is 2.58. The number of carbonyl (C=O) groups excluding carboxylic acids is 1. The number of carbonyl (C=O) groups is 1. The van der Waals surface area contributed by atoms with Crippen molar-refractivity contribution in [1.29, 1.82) is 0 Å². The van der Waals surface area contributed by atoms with Gasteiger partial charge in [0.25, 0.3) is 0 Å².